The zero-order chi connectivity index (χ0) is 15.4. The molecule has 0 saturated heterocycles. The number of rotatable bonds is 5. The van der Waals surface area contributed by atoms with Gasteiger partial charge in [-0.2, -0.15) is 4.98 Å². The number of aromatic nitrogens is 2. The van der Waals surface area contributed by atoms with Gasteiger partial charge in [0.2, 0.25) is 5.88 Å². The quantitative estimate of drug-likeness (QED) is 0.858. The van der Waals surface area contributed by atoms with Crippen molar-refractivity contribution in [2.45, 2.75) is 20.0 Å². The summed E-state index contributed by atoms with van der Waals surface area (Å²) in [7, 11) is 1.61. The number of nitrogens with two attached hydrogens (primary N) is 1. The second kappa shape index (κ2) is 6.62. The van der Waals surface area contributed by atoms with E-state index in [9.17, 15) is 0 Å². The Morgan fingerprint density at radius 3 is 2.67 bits per heavy atom. The van der Waals surface area contributed by atoms with Crippen LogP contribution in [0.3, 0.4) is 0 Å². The van der Waals surface area contributed by atoms with Gasteiger partial charge in [-0.3, -0.25) is 0 Å². The number of nitrogens with zero attached hydrogens (tertiary/aromatic N) is 2. The van der Waals surface area contributed by atoms with Crippen LogP contribution in [-0.4, -0.2) is 23.2 Å². The van der Waals surface area contributed by atoms with Crippen molar-refractivity contribution in [3.63, 3.8) is 0 Å². The fraction of sp³-hybridized carbons (Fsp3) is 0.286. The van der Waals surface area contributed by atoms with Gasteiger partial charge in [-0.25, -0.2) is 4.98 Å². The van der Waals surface area contributed by atoms with Crippen molar-refractivity contribution >= 4 is 33.1 Å². The summed E-state index contributed by atoms with van der Waals surface area (Å²) >= 11 is 3.42. The Morgan fingerprint density at radius 1 is 1.24 bits per heavy atom. The molecule has 0 bridgehead atoms. The maximum atomic E-state index is 6.03. The lowest BCUT2D eigenvalue weighted by molar-refractivity contribution is 0.234. The Bertz CT molecular complexity index is 634. The van der Waals surface area contributed by atoms with E-state index in [2.05, 4.69) is 31.2 Å². The predicted octanol–water partition coefficient (Wildman–Crippen LogP) is 3.36. The molecular formula is C14H17BrN4O2. The van der Waals surface area contributed by atoms with E-state index in [0.29, 0.717) is 17.4 Å². The number of hydrogen-bond acceptors (Lipinski definition) is 6. The molecule has 0 aliphatic carbocycles. The molecule has 2 rings (SSSR count). The molecular weight excluding hydrogens is 336 g/mol. The third-order valence-corrected chi connectivity index (χ3v) is 3.02. The maximum absolute atomic E-state index is 6.03. The van der Waals surface area contributed by atoms with E-state index in [-0.39, 0.29) is 6.10 Å². The molecule has 0 amide bonds. The lowest BCUT2D eigenvalue weighted by atomic mass is 10.3. The lowest BCUT2D eigenvalue weighted by Gasteiger charge is -2.14. The summed E-state index contributed by atoms with van der Waals surface area (Å²) in [6.07, 6.45) is 1.40. The van der Waals surface area contributed by atoms with Crippen molar-refractivity contribution in [3.8, 4) is 11.6 Å². The standard InChI is InChI=1S/C14H17BrN4O2/c1-8(2)21-14-12(16)13(17-7-18-14)19-10-4-9(15)5-11(6-10)20-3/h4-8H,16H2,1-3H3,(H,17,18,19). The minimum atomic E-state index is -0.0130. The average molecular weight is 353 g/mol. The highest BCUT2D eigenvalue weighted by molar-refractivity contribution is 9.10. The van der Waals surface area contributed by atoms with Crippen LogP contribution in [0.4, 0.5) is 17.2 Å². The molecule has 21 heavy (non-hydrogen) atoms. The number of ether oxygens (including phenoxy) is 2. The first kappa shape index (κ1) is 15.4. The Morgan fingerprint density at radius 2 is 2.00 bits per heavy atom. The summed E-state index contributed by atoms with van der Waals surface area (Å²) in [5, 5.41) is 3.14. The van der Waals surface area contributed by atoms with Gasteiger partial charge in [0.05, 0.1) is 13.2 Å². The van der Waals surface area contributed by atoms with E-state index < -0.39 is 0 Å². The molecule has 0 unspecified atom stereocenters. The summed E-state index contributed by atoms with van der Waals surface area (Å²) in [6, 6.07) is 5.60. The molecule has 1 aromatic carbocycles. The second-order valence-electron chi connectivity index (χ2n) is 4.61. The number of methoxy groups -OCH3 is 1. The van der Waals surface area contributed by atoms with Gasteiger partial charge in [0.25, 0.3) is 0 Å². The lowest BCUT2D eigenvalue weighted by Crippen LogP contribution is -2.10. The van der Waals surface area contributed by atoms with Crippen molar-refractivity contribution in [3.05, 3.63) is 29.0 Å². The number of benzene rings is 1. The van der Waals surface area contributed by atoms with E-state index >= 15 is 0 Å². The maximum Gasteiger partial charge on any atom is 0.242 e. The van der Waals surface area contributed by atoms with Gasteiger partial charge >= 0.3 is 0 Å². The first-order valence-corrected chi connectivity index (χ1v) is 7.17. The third kappa shape index (κ3) is 3.98. The van der Waals surface area contributed by atoms with Crippen LogP contribution in [0.2, 0.25) is 0 Å². The predicted molar refractivity (Wildman–Crippen MR) is 86.2 cm³/mol. The fourth-order valence-electron chi connectivity index (χ4n) is 1.69. The molecule has 0 saturated carbocycles. The van der Waals surface area contributed by atoms with E-state index in [4.69, 9.17) is 15.2 Å². The van der Waals surface area contributed by atoms with E-state index in [1.807, 2.05) is 32.0 Å². The molecule has 7 heteroatoms. The molecule has 2 aromatic rings. The van der Waals surface area contributed by atoms with Gasteiger partial charge in [0.1, 0.15) is 17.8 Å². The van der Waals surface area contributed by atoms with E-state index in [1.165, 1.54) is 6.33 Å². The normalized spacial score (nSPS) is 10.5. The highest BCUT2D eigenvalue weighted by atomic mass is 79.9. The second-order valence-corrected chi connectivity index (χ2v) is 5.53. The molecule has 1 heterocycles. The van der Waals surface area contributed by atoms with Gasteiger partial charge in [-0.1, -0.05) is 15.9 Å². The zero-order valence-corrected chi connectivity index (χ0v) is 13.6. The summed E-state index contributed by atoms with van der Waals surface area (Å²) < 4.78 is 11.6. The Labute approximate surface area is 131 Å². The van der Waals surface area contributed by atoms with E-state index in [0.717, 1.165) is 15.9 Å². The van der Waals surface area contributed by atoms with Gasteiger partial charge in [0.15, 0.2) is 5.82 Å². The van der Waals surface area contributed by atoms with Crippen LogP contribution in [0.1, 0.15) is 13.8 Å². The van der Waals surface area contributed by atoms with Crippen molar-refractivity contribution < 1.29 is 9.47 Å². The first-order valence-electron chi connectivity index (χ1n) is 6.38. The number of hydrogen-bond donors (Lipinski definition) is 2. The third-order valence-electron chi connectivity index (χ3n) is 2.56. The van der Waals surface area contributed by atoms with Crippen LogP contribution in [0.25, 0.3) is 0 Å². The van der Waals surface area contributed by atoms with Crippen molar-refractivity contribution in [2.24, 2.45) is 0 Å². The highest BCUT2D eigenvalue weighted by Gasteiger charge is 2.11. The monoisotopic (exact) mass is 352 g/mol. The molecule has 0 aliphatic heterocycles. The Kier molecular flexibility index (Phi) is 4.85. The van der Waals surface area contributed by atoms with Gasteiger partial charge in [-0.15, -0.1) is 0 Å². The molecule has 0 radical (unpaired) electrons. The van der Waals surface area contributed by atoms with Crippen molar-refractivity contribution in [1.82, 2.24) is 9.97 Å². The number of anilines is 3. The number of nitrogen functional groups attached to an aromatic ring is 1. The summed E-state index contributed by atoms with van der Waals surface area (Å²) in [4.78, 5) is 8.18. The summed E-state index contributed by atoms with van der Waals surface area (Å²) in [5.41, 5.74) is 7.19. The summed E-state index contributed by atoms with van der Waals surface area (Å²) in [5.74, 6) is 1.57. The van der Waals surface area contributed by atoms with Crippen LogP contribution in [0, 0.1) is 0 Å². The van der Waals surface area contributed by atoms with Crippen LogP contribution >= 0.6 is 15.9 Å². The molecule has 0 aliphatic rings. The zero-order valence-electron chi connectivity index (χ0n) is 12.1. The summed E-state index contributed by atoms with van der Waals surface area (Å²) in [6.45, 7) is 3.82. The highest BCUT2D eigenvalue weighted by Crippen LogP contribution is 2.31. The molecule has 6 nitrogen and oxygen atoms in total. The minimum absolute atomic E-state index is 0.0130. The Hall–Kier alpha value is -2.02. The van der Waals surface area contributed by atoms with Gasteiger partial charge in [0, 0.05) is 16.2 Å². The Balaban J connectivity index is 2.29. The number of nitrogens with one attached hydrogen (secondary N) is 1. The smallest absolute Gasteiger partial charge is 0.242 e. The van der Waals surface area contributed by atoms with E-state index in [1.54, 1.807) is 7.11 Å². The largest absolute Gasteiger partial charge is 0.497 e. The van der Waals surface area contributed by atoms with Gasteiger partial charge in [-0.05, 0) is 26.0 Å². The number of halogens is 1. The fourth-order valence-corrected chi connectivity index (χ4v) is 2.16. The topological polar surface area (TPSA) is 82.3 Å². The molecule has 1 aromatic heterocycles. The molecule has 112 valence electrons. The molecule has 0 spiro atoms. The SMILES string of the molecule is COc1cc(Br)cc(Nc2ncnc(OC(C)C)c2N)c1. The average Bonchev–Trinajstić information content (AvgIpc) is 2.42. The van der Waals surface area contributed by atoms with Crippen LogP contribution in [0.5, 0.6) is 11.6 Å². The minimum Gasteiger partial charge on any atom is -0.497 e. The molecule has 0 fully saturated rings. The molecule has 0 atom stereocenters. The van der Waals surface area contributed by atoms with Crippen molar-refractivity contribution in [1.29, 1.82) is 0 Å². The van der Waals surface area contributed by atoms with Gasteiger partial charge < -0.3 is 20.5 Å². The van der Waals surface area contributed by atoms with Crippen molar-refractivity contribution in [2.75, 3.05) is 18.2 Å². The first-order chi connectivity index (χ1) is 9.99. The van der Waals surface area contributed by atoms with Crippen LogP contribution < -0.4 is 20.5 Å². The van der Waals surface area contributed by atoms with Crippen LogP contribution in [0.15, 0.2) is 29.0 Å². The molecule has 3 N–H and O–H groups in total. The van der Waals surface area contributed by atoms with Crippen LogP contribution in [-0.2, 0) is 0 Å².